The van der Waals surface area contributed by atoms with E-state index in [0.29, 0.717) is 12.3 Å². The van der Waals surface area contributed by atoms with Crippen LogP contribution < -0.4 is 5.32 Å². The van der Waals surface area contributed by atoms with Crippen molar-refractivity contribution in [2.75, 3.05) is 0 Å². The Morgan fingerprint density at radius 3 is 2.64 bits per heavy atom. The van der Waals surface area contributed by atoms with Gasteiger partial charge in [-0.15, -0.1) is 0 Å². The van der Waals surface area contributed by atoms with Crippen LogP contribution in [0.3, 0.4) is 0 Å². The molecule has 1 aliphatic carbocycles. The Morgan fingerprint density at radius 2 is 2.05 bits per heavy atom. The fraction of sp³-hybridized carbons (Fsp3) is 0.412. The van der Waals surface area contributed by atoms with Crippen molar-refractivity contribution in [3.63, 3.8) is 0 Å². The van der Waals surface area contributed by atoms with Crippen molar-refractivity contribution in [3.8, 4) is 0 Å². The number of carbonyl (C=O) groups excluding carboxylic acids is 1. The van der Waals surface area contributed by atoms with Crippen LogP contribution in [0, 0.1) is 6.92 Å². The first kappa shape index (κ1) is 15.1. The first-order chi connectivity index (χ1) is 10.5. The topological polar surface area (TPSA) is 46.9 Å². The van der Waals surface area contributed by atoms with Gasteiger partial charge in [-0.3, -0.25) is 9.48 Å². The molecule has 0 aliphatic heterocycles. The maximum atomic E-state index is 12.1. The van der Waals surface area contributed by atoms with Crippen LogP contribution in [0.5, 0.6) is 0 Å². The molecule has 5 heteroatoms. The lowest BCUT2D eigenvalue weighted by atomic mass is 9.76. The Balaban J connectivity index is 1.48. The van der Waals surface area contributed by atoms with Gasteiger partial charge in [0.1, 0.15) is 0 Å². The van der Waals surface area contributed by atoms with E-state index in [1.807, 2.05) is 32.3 Å². The second kappa shape index (κ2) is 6.13. The fourth-order valence-electron chi connectivity index (χ4n) is 3.02. The summed E-state index contributed by atoms with van der Waals surface area (Å²) >= 11 is 5.90. The summed E-state index contributed by atoms with van der Waals surface area (Å²) < 4.78 is 1.75. The maximum absolute atomic E-state index is 12.1. The molecular weight excluding hydrogens is 298 g/mol. The summed E-state index contributed by atoms with van der Waals surface area (Å²) in [5, 5.41) is 8.14. The molecule has 0 atom stereocenters. The van der Waals surface area contributed by atoms with Gasteiger partial charge in [-0.2, -0.15) is 5.10 Å². The van der Waals surface area contributed by atoms with Gasteiger partial charge in [0, 0.05) is 29.9 Å². The molecule has 0 saturated heterocycles. The standard InChI is InChI=1S/C17H20ClN3O/c1-11-14(10-21(2)20-11)9-17(22)19-16-7-13(8-16)12-3-5-15(18)6-4-12/h3-6,10,13,16H,7-9H2,1-2H3,(H,19,22). The van der Waals surface area contributed by atoms with Crippen LogP contribution in [0.1, 0.15) is 35.6 Å². The molecule has 1 aromatic carbocycles. The summed E-state index contributed by atoms with van der Waals surface area (Å²) in [6, 6.07) is 8.28. The number of amides is 1. The van der Waals surface area contributed by atoms with Crippen molar-refractivity contribution in [1.82, 2.24) is 15.1 Å². The Labute approximate surface area is 135 Å². The molecule has 0 unspecified atom stereocenters. The van der Waals surface area contributed by atoms with Crippen LogP contribution >= 0.6 is 11.6 Å². The Bertz CT molecular complexity index is 672. The molecule has 0 bridgehead atoms. The lowest BCUT2D eigenvalue weighted by molar-refractivity contribution is -0.121. The summed E-state index contributed by atoms with van der Waals surface area (Å²) in [4.78, 5) is 12.1. The number of halogens is 1. The van der Waals surface area contributed by atoms with Crippen LogP contribution in [0.4, 0.5) is 0 Å². The summed E-state index contributed by atoms with van der Waals surface area (Å²) in [6.07, 6.45) is 4.31. The van der Waals surface area contributed by atoms with Crippen LogP contribution in [0.25, 0.3) is 0 Å². The maximum Gasteiger partial charge on any atom is 0.224 e. The third-order valence-corrected chi connectivity index (χ3v) is 4.56. The number of hydrogen-bond acceptors (Lipinski definition) is 2. The number of aromatic nitrogens is 2. The van der Waals surface area contributed by atoms with E-state index in [1.54, 1.807) is 4.68 Å². The number of aryl methyl sites for hydroxylation is 2. The second-order valence-corrected chi connectivity index (χ2v) is 6.51. The Hall–Kier alpha value is -1.81. The van der Waals surface area contributed by atoms with Gasteiger partial charge in [0.05, 0.1) is 12.1 Å². The molecule has 3 rings (SSSR count). The SMILES string of the molecule is Cc1nn(C)cc1CC(=O)NC1CC(c2ccc(Cl)cc2)C1. The third kappa shape index (κ3) is 3.33. The van der Waals surface area contributed by atoms with Gasteiger partial charge in [-0.05, 0) is 43.4 Å². The van der Waals surface area contributed by atoms with E-state index in [9.17, 15) is 4.79 Å². The monoisotopic (exact) mass is 317 g/mol. The average Bonchev–Trinajstić information content (AvgIpc) is 2.73. The highest BCUT2D eigenvalue weighted by atomic mass is 35.5. The number of rotatable bonds is 4. The molecule has 1 aliphatic rings. The minimum Gasteiger partial charge on any atom is -0.353 e. The van der Waals surface area contributed by atoms with Crippen LogP contribution in [0.15, 0.2) is 30.5 Å². The van der Waals surface area contributed by atoms with Gasteiger partial charge in [0.15, 0.2) is 0 Å². The van der Waals surface area contributed by atoms with Gasteiger partial charge < -0.3 is 5.32 Å². The highest BCUT2D eigenvalue weighted by Crippen LogP contribution is 2.37. The smallest absolute Gasteiger partial charge is 0.224 e. The third-order valence-electron chi connectivity index (χ3n) is 4.31. The predicted octanol–water partition coefficient (Wildman–Crippen LogP) is 2.99. The molecule has 1 amide bonds. The lowest BCUT2D eigenvalue weighted by Crippen LogP contribution is -2.43. The highest BCUT2D eigenvalue weighted by molar-refractivity contribution is 6.30. The molecule has 1 heterocycles. The minimum atomic E-state index is 0.0793. The highest BCUT2D eigenvalue weighted by Gasteiger charge is 2.31. The second-order valence-electron chi connectivity index (χ2n) is 6.07. The lowest BCUT2D eigenvalue weighted by Gasteiger charge is -2.36. The summed E-state index contributed by atoms with van der Waals surface area (Å²) in [7, 11) is 1.87. The van der Waals surface area contributed by atoms with E-state index >= 15 is 0 Å². The first-order valence-corrected chi connectivity index (χ1v) is 7.93. The molecular formula is C17H20ClN3O. The average molecular weight is 318 g/mol. The van der Waals surface area contributed by atoms with E-state index in [0.717, 1.165) is 29.1 Å². The molecule has 2 aromatic rings. The largest absolute Gasteiger partial charge is 0.353 e. The van der Waals surface area contributed by atoms with E-state index < -0.39 is 0 Å². The van der Waals surface area contributed by atoms with Gasteiger partial charge in [-0.1, -0.05) is 23.7 Å². The first-order valence-electron chi connectivity index (χ1n) is 7.55. The van der Waals surface area contributed by atoms with Gasteiger partial charge in [0.2, 0.25) is 5.91 Å². The summed E-state index contributed by atoms with van der Waals surface area (Å²) in [6.45, 7) is 1.93. The molecule has 0 spiro atoms. The molecule has 22 heavy (non-hydrogen) atoms. The van der Waals surface area contributed by atoms with E-state index in [2.05, 4.69) is 22.5 Å². The van der Waals surface area contributed by atoms with E-state index in [1.165, 1.54) is 5.56 Å². The quantitative estimate of drug-likeness (QED) is 0.942. The predicted molar refractivity (Wildman–Crippen MR) is 87.0 cm³/mol. The number of benzene rings is 1. The Kier molecular flexibility index (Phi) is 4.21. The molecule has 4 nitrogen and oxygen atoms in total. The van der Waals surface area contributed by atoms with Crippen LogP contribution in [0.2, 0.25) is 5.02 Å². The summed E-state index contributed by atoms with van der Waals surface area (Å²) in [5.41, 5.74) is 3.22. The van der Waals surface area contributed by atoms with Crippen molar-refractivity contribution >= 4 is 17.5 Å². The molecule has 1 aromatic heterocycles. The van der Waals surface area contributed by atoms with Crippen LogP contribution in [-0.4, -0.2) is 21.7 Å². The van der Waals surface area contributed by atoms with Crippen molar-refractivity contribution in [2.45, 2.75) is 38.1 Å². The number of carbonyl (C=O) groups is 1. The summed E-state index contributed by atoms with van der Waals surface area (Å²) in [5.74, 6) is 0.610. The van der Waals surface area contributed by atoms with Gasteiger partial charge in [0.25, 0.3) is 0 Å². The van der Waals surface area contributed by atoms with Crippen molar-refractivity contribution in [2.24, 2.45) is 7.05 Å². The molecule has 116 valence electrons. The van der Waals surface area contributed by atoms with Crippen LogP contribution in [-0.2, 0) is 18.3 Å². The molecule has 1 fully saturated rings. The van der Waals surface area contributed by atoms with E-state index in [-0.39, 0.29) is 11.9 Å². The molecule has 0 radical (unpaired) electrons. The van der Waals surface area contributed by atoms with Gasteiger partial charge >= 0.3 is 0 Å². The molecule has 1 saturated carbocycles. The van der Waals surface area contributed by atoms with Crippen molar-refractivity contribution in [3.05, 3.63) is 52.3 Å². The zero-order valence-electron chi connectivity index (χ0n) is 12.8. The minimum absolute atomic E-state index is 0.0793. The zero-order chi connectivity index (χ0) is 15.7. The van der Waals surface area contributed by atoms with E-state index in [4.69, 9.17) is 11.6 Å². The normalized spacial score (nSPS) is 20.5. The number of hydrogen-bond donors (Lipinski definition) is 1. The van der Waals surface area contributed by atoms with Crippen molar-refractivity contribution in [1.29, 1.82) is 0 Å². The van der Waals surface area contributed by atoms with Gasteiger partial charge in [-0.25, -0.2) is 0 Å². The van der Waals surface area contributed by atoms with Crippen molar-refractivity contribution < 1.29 is 4.79 Å². The number of nitrogens with one attached hydrogen (secondary N) is 1. The number of nitrogens with zero attached hydrogens (tertiary/aromatic N) is 2. The fourth-order valence-corrected chi connectivity index (χ4v) is 3.14. The molecule has 1 N–H and O–H groups in total. The zero-order valence-corrected chi connectivity index (χ0v) is 13.6. The Morgan fingerprint density at radius 1 is 1.36 bits per heavy atom.